The van der Waals surface area contributed by atoms with Crippen molar-refractivity contribution in [2.75, 3.05) is 0 Å². The van der Waals surface area contributed by atoms with E-state index < -0.39 is 10.0 Å². The maximum absolute atomic E-state index is 13.5. The number of benzene rings is 3. The fourth-order valence-corrected chi connectivity index (χ4v) is 5.29. The molecule has 2 heterocycles. The van der Waals surface area contributed by atoms with Gasteiger partial charge in [0, 0.05) is 10.8 Å². The SMILES string of the molecule is O=S(=O)(c1ccccc1)n1c2ccc(/C=C/c3ccccc3)cc2c2ccc(Cl)nc21. The Balaban J connectivity index is 1.74. The Morgan fingerprint density at radius 2 is 1.42 bits per heavy atom. The van der Waals surface area contributed by atoms with Crippen molar-refractivity contribution in [1.82, 2.24) is 8.96 Å². The van der Waals surface area contributed by atoms with Crippen LogP contribution in [-0.2, 0) is 10.0 Å². The smallest absolute Gasteiger partial charge is 0.217 e. The number of nitrogens with zero attached hydrogens (tertiary/aromatic N) is 2. The van der Waals surface area contributed by atoms with Gasteiger partial charge in [-0.05, 0) is 47.5 Å². The Bertz CT molecular complexity index is 1540. The van der Waals surface area contributed by atoms with Gasteiger partial charge in [-0.3, -0.25) is 0 Å². The fraction of sp³-hybridized carbons (Fsp3) is 0. The van der Waals surface area contributed by atoms with Crippen LogP contribution in [0.15, 0.2) is 95.9 Å². The maximum atomic E-state index is 13.5. The highest BCUT2D eigenvalue weighted by Crippen LogP contribution is 2.33. The van der Waals surface area contributed by atoms with Crippen molar-refractivity contribution in [3.05, 3.63) is 107 Å². The maximum Gasteiger partial charge on any atom is 0.269 e. The number of hydrogen-bond acceptors (Lipinski definition) is 3. The van der Waals surface area contributed by atoms with E-state index in [0.717, 1.165) is 21.9 Å². The zero-order chi connectivity index (χ0) is 21.4. The van der Waals surface area contributed by atoms with Crippen molar-refractivity contribution in [2.24, 2.45) is 0 Å². The number of halogens is 1. The van der Waals surface area contributed by atoms with Crippen LogP contribution in [0.2, 0.25) is 5.15 Å². The van der Waals surface area contributed by atoms with Gasteiger partial charge in [0.1, 0.15) is 5.15 Å². The highest BCUT2D eigenvalue weighted by molar-refractivity contribution is 7.90. The molecule has 0 fully saturated rings. The normalized spacial score (nSPS) is 12.2. The first-order valence-electron chi connectivity index (χ1n) is 9.68. The molecule has 0 atom stereocenters. The first-order chi connectivity index (χ1) is 15.0. The van der Waals surface area contributed by atoms with Gasteiger partial charge in [0.2, 0.25) is 0 Å². The van der Waals surface area contributed by atoms with Gasteiger partial charge >= 0.3 is 0 Å². The van der Waals surface area contributed by atoms with Crippen LogP contribution in [0.5, 0.6) is 0 Å². The topological polar surface area (TPSA) is 52.0 Å². The predicted molar refractivity (Wildman–Crippen MR) is 127 cm³/mol. The standard InChI is InChI=1S/C25H17ClN2O2S/c26-24-16-14-21-22-17-19(12-11-18-7-3-1-4-8-18)13-15-23(22)28(25(21)27-24)31(29,30)20-9-5-2-6-10-20/h1-17H/b12-11+. The van der Waals surface area contributed by atoms with Gasteiger partial charge in [-0.2, -0.15) is 0 Å². The van der Waals surface area contributed by atoms with Crippen molar-refractivity contribution in [2.45, 2.75) is 4.90 Å². The van der Waals surface area contributed by atoms with Crippen molar-refractivity contribution in [1.29, 1.82) is 0 Å². The van der Waals surface area contributed by atoms with E-state index in [9.17, 15) is 8.42 Å². The van der Waals surface area contributed by atoms with Crippen LogP contribution >= 0.6 is 11.6 Å². The van der Waals surface area contributed by atoms with E-state index in [2.05, 4.69) is 4.98 Å². The van der Waals surface area contributed by atoms with Crippen LogP contribution < -0.4 is 0 Å². The van der Waals surface area contributed by atoms with E-state index in [-0.39, 0.29) is 10.0 Å². The van der Waals surface area contributed by atoms with Crippen LogP contribution in [0.1, 0.15) is 11.1 Å². The molecule has 0 saturated carbocycles. The summed E-state index contributed by atoms with van der Waals surface area (Å²) in [5.74, 6) is 0. The highest BCUT2D eigenvalue weighted by atomic mass is 35.5. The second-order valence-electron chi connectivity index (χ2n) is 7.11. The van der Waals surface area contributed by atoms with E-state index in [1.54, 1.807) is 36.4 Å². The number of pyridine rings is 1. The van der Waals surface area contributed by atoms with Gasteiger partial charge in [-0.1, -0.05) is 78.4 Å². The molecule has 0 amide bonds. The molecule has 0 aliphatic carbocycles. The minimum Gasteiger partial charge on any atom is -0.217 e. The summed E-state index contributed by atoms with van der Waals surface area (Å²) in [7, 11) is -3.86. The van der Waals surface area contributed by atoms with Crippen molar-refractivity contribution < 1.29 is 8.42 Å². The fourth-order valence-electron chi connectivity index (χ4n) is 3.65. The summed E-state index contributed by atoms with van der Waals surface area (Å²) in [6.07, 6.45) is 4.03. The van der Waals surface area contributed by atoms with E-state index in [1.165, 1.54) is 3.97 Å². The summed E-state index contributed by atoms with van der Waals surface area (Å²) in [4.78, 5) is 4.56. The van der Waals surface area contributed by atoms with Crippen LogP contribution in [0.4, 0.5) is 0 Å². The molecule has 0 radical (unpaired) electrons. The molecule has 0 saturated heterocycles. The number of hydrogen-bond donors (Lipinski definition) is 0. The van der Waals surface area contributed by atoms with Crippen LogP contribution in [0.25, 0.3) is 34.1 Å². The first kappa shape index (κ1) is 19.5. The van der Waals surface area contributed by atoms with E-state index in [1.807, 2.05) is 66.7 Å². The molecule has 0 bridgehead atoms. The lowest BCUT2D eigenvalue weighted by Gasteiger charge is -2.08. The lowest BCUT2D eigenvalue weighted by Crippen LogP contribution is -2.13. The molecule has 0 unspecified atom stereocenters. The highest BCUT2D eigenvalue weighted by Gasteiger charge is 2.24. The van der Waals surface area contributed by atoms with E-state index in [4.69, 9.17) is 11.6 Å². The molecular weight excluding hydrogens is 428 g/mol. The number of aromatic nitrogens is 2. The lowest BCUT2D eigenvalue weighted by atomic mass is 10.1. The summed E-state index contributed by atoms with van der Waals surface area (Å²) in [5, 5.41) is 1.77. The second-order valence-corrected chi connectivity index (χ2v) is 9.28. The van der Waals surface area contributed by atoms with Crippen LogP contribution in [-0.4, -0.2) is 17.4 Å². The molecule has 0 spiro atoms. The monoisotopic (exact) mass is 444 g/mol. The minimum absolute atomic E-state index is 0.198. The molecular formula is C25H17ClN2O2S. The van der Waals surface area contributed by atoms with Gasteiger partial charge in [0.15, 0.2) is 5.65 Å². The Morgan fingerprint density at radius 3 is 2.16 bits per heavy atom. The third-order valence-corrected chi connectivity index (χ3v) is 7.04. The zero-order valence-electron chi connectivity index (χ0n) is 16.3. The average molecular weight is 445 g/mol. The Hall–Kier alpha value is -3.41. The largest absolute Gasteiger partial charge is 0.269 e. The minimum atomic E-state index is -3.86. The summed E-state index contributed by atoms with van der Waals surface area (Å²) in [6, 6.07) is 27.5. The molecule has 4 nitrogen and oxygen atoms in total. The number of rotatable bonds is 4. The molecule has 2 aromatic heterocycles. The Labute approximate surface area is 185 Å². The number of fused-ring (bicyclic) bond motifs is 3. The first-order valence-corrected chi connectivity index (χ1v) is 11.5. The van der Waals surface area contributed by atoms with Gasteiger partial charge < -0.3 is 0 Å². The van der Waals surface area contributed by atoms with E-state index in [0.29, 0.717) is 11.2 Å². The van der Waals surface area contributed by atoms with Gasteiger partial charge in [-0.15, -0.1) is 0 Å². The van der Waals surface area contributed by atoms with Gasteiger partial charge in [-0.25, -0.2) is 17.4 Å². The van der Waals surface area contributed by atoms with Crippen molar-refractivity contribution >= 4 is 55.7 Å². The zero-order valence-corrected chi connectivity index (χ0v) is 17.9. The van der Waals surface area contributed by atoms with Crippen LogP contribution in [0.3, 0.4) is 0 Å². The van der Waals surface area contributed by atoms with Crippen molar-refractivity contribution in [3.63, 3.8) is 0 Å². The molecule has 31 heavy (non-hydrogen) atoms. The lowest BCUT2D eigenvalue weighted by molar-refractivity contribution is 0.590. The van der Waals surface area contributed by atoms with Gasteiger partial charge in [0.25, 0.3) is 10.0 Å². The third kappa shape index (κ3) is 3.52. The van der Waals surface area contributed by atoms with Gasteiger partial charge in [0.05, 0.1) is 10.4 Å². The predicted octanol–water partition coefficient (Wildman–Crippen LogP) is 6.25. The average Bonchev–Trinajstić information content (AvgIpc) is 3.12. The quantitative estimate of drug-likeness (QED) is 0.243. The molecule has 0 aliphatic rings. The molecule has 6 heteroatoms. The second kappa shape index (κ2) is 7.69. The molecule has 5 rings (SSSR count). The molecule has 0 aliphatic heterocycles. The third-order valence-electron chi connectivity index (χ3n) is 5.11. The summed E-state index contributed by atoms with van der Waals surface area (Å²) >= 11 is 6.13. The molecule has 3 aromatic carbocycles. The summed E-state index contributed by atoms with van der Waals surface area (Å²) in [5.41, 5.74) is 2.92. The summed E-state index contributed by atoms with van der Waals surface area (Å²) < 4.78 is 28.3. The van der Waals surface area contributed by atoms with Crippen LogP contribution in [0, 0.1) is 0 Å². The van der Waals surface area contributed by atoms with Crippen molar-refractivity contribution in [3.8, 4) is 0 Å². The molecule has 5 aromatic rings. The molecule has 0 N–H and O–H groups in total. The Kier molecular flexibility index (Phi) is 4.85. The Morgan fingerprint density at radius 1 is 0.742 bits per heavy atom. The molecule has 152 valence electrons. The summed E-state index contributed by atoms with van der Waals surface area (Å²) in [6.45, 7) is 0. The van der Waals surface area contributed by atoms with E-state index >= 15 is 0 Å².